The monoisotopic (exact) mass is 249 g/mol. The molecule has 2 aliphatic carbocycles. The van der Waals surface area contributed by atoms with E-state index < -0.39 is 0 Å². The van der Waals surface area contributed by atoms with Gasteiger partial charge in [0, 0.05) is 19.6 Å². The average Bonchev–Trinajstić information content (AvgIpc) is 3.06. The summed E-state index contributed by atoms with van der Waals surface area (Å²) in [6.07, 6.45) is 13.6. The summed E-state index contributed by atoms with van der Waals surface area (Å²) in [6, 6.07) is 0.539. The molecule has 0 amide bonds. The first-order chi connectivity index (χ1) is 8.78. The Morgan fingerprint density at radius 3 is 2.50 bits per heavy atom. The summed E-state index contributed by atoms with van der Waals surface area (Å²) < 4.78 is 0. The minimum absolute atomic E-state index is 0.519. The summed E-state index contributed by atoms with van der Waals surface area (Å²) in [5.41, 5.74) is 0.519. The topological polar surface area (TPSA) is 36.4 Å². The second-order valence-corrected chi connectivity index (χ2v) is 5.77. The van der Waals surface area contributed by atoms with Gasteiger partial charge in [-0.15, -0.1) is 0 Å². The highest BCUT2D eigenvalue weighted by atomic mass is 15.2. The zero-order chi connectivity index (χ0) is 12.8. The van der Waals surface area contributed by atoms with E-state index in [1.165, 1.54) is 32.1 Å². The molecule has 0 unspecified atom stereocenters. The Hall–Kier alpha value is -0.990. The number of nitrogens with zero attached hydrogens (tertiary/aromatic N) is 1. The molecule has 3 nitrogen and oxygen atoms in total. The third-order valence-electron chi connectivity index (χ3n) is 4.62. The molecule has 0 bridgehead atoms. The summed E-state index contributed by atoms with van der Waals surface area (Å²) in [4.78, 5) is 4.34. The SMILES string of the molecule is CCC1(CNC(=NC)NC2CC=CC2)CCCC1. The molecule has 0 spiro atoms. The van der Waals surface area contributed by atoms with Gasteiger partial charge in [-0.05, 0) is 37.5 Å². The van der Waals surface area contributed by atoms with Crippen LogP contribution in [0.1, 0.15) is 51.9 Å². The van der Waals surface area contributed by atoms with Crippen LogP contribution in [0.25, 0.3) is 0 Å². The first kappa shape index (κ1) is 13.4. The smallest absolute Gasteiger partial charge is 0.191 e. The fourth-order valence-corrected chi connectivity index (χ4v) is 3.17. The second-order valence-electron chi connectivity index (χ2n) is 5.77. The van der Waals surface area contributed by atoms with Gasteiger partial charge < -0.3 is 10.6 Å². The molecule has 0 heterocycles. The van der Waals surface area contributed by atoms with Gasteiger partial charge in [0.25, 0.3) is 0 Å². The summed E-state index contributed by atoms with van der Waals surface area (Å²) in [6.45, 7) is 3.40. The van der Waals surface area contributed by atoms with E-state index in [9.17, 15) is 0 Å². The van der Waals surface area contributed by atoms with Gasteiger partial charge in [0.2, 0.25) is 0 Å². The van der Waals surface area contributed by atoms with Gasteiger partial charge in [0.1, 0.15) is 0 Å². The van der Waals surface area contributed by atoms with Crippen LogP contribution in [-0.2, 0) is 0 Å². The highest BCUT2D eigenvalue weighted by Crippen LogP contribution is 2.40. The van der Waals surface area contributed by atoms with E-state index in [-0.39, 0.29) is 0 Å². The minimum atomic E-state index is 0.519. The Labute approximate surface area is 111 Å². The predicted molar refractivity (Wildman–Crippen MR) is 77.9 cm³/mol. The van der Waals surface area contributed by atoms with E-state index >= 15 is 0 Å². The van der Waals surface area contributed by atoms with Gasteiger partial charge in [0.05, 0.1) is 0 Å². The number of hydrogen-bond donors (Lipinski definition) is 2. The molecule has 0 radical (unpaired) electrons. The lowest BCUT2D eigenvalue weighted by Gasteiger charge is -2.29. The van der Waals surface area contributed by atoms with Gasteiger partial charge in [-0.25, -0.2) is 0 Å². The van der Waals surface area contributed by atoms with E-state index in [0.717, 1.165) is 25.3 Å². The number of hydrogen-bond acceptors (Lipinski definition) is 1. The lowest BCUT2D eigenvalue weighted by atomic mass is 9.83. The van der Waals surface area contributed by atoms with Gasteiger partial charge in [-0.2, -0.15) is 0 Å². The van der Waals surface area contributed by atoms with Crippen molar-refractivity contribution >= 4 is 5.96 Å². The van der Waals surface area contributed by atoms with Gasteiger partial charge in [-0.3, -0.25) is 4.99 Å². The molecule has 0 saturated heterocycles. The van der Waals surface area contributed by atoms with Crippen LogP contribution in [-0.4, -0.2) is 25.6 Å². The van der Waals surface area contributed by atoms with Crippen molar-refractivity contribution in [1.82, 2.24) is 10.6 Å². The average molecular weight is 249 g/mol. The fourth-order valence-electron chi connectivity index (χ4n) is 3.17. The Morgan fingerprint density at radius 2 is 1.94 bits per heavy atom. The number of guanidine groups is 1. The van der Waals surface area contributed by atoms with E-state index in [0.29, 0.717) is 11.5 Å². The molecule has 0 aromatic carbocycles. The predicted octanol–water partition coefficient (Wildman–Crippen LogP) is 2.84. The third-order valence-corrected chi connectivity index (χ3v) is 4.62. The van der Waals surface area contributed by atoms with E-state index in [4.69, 9.17) is 0 Å². The molecule has 3 heteroatoms. The highest BCUT2D eigenvalue weighted by Gasteiger charge is 2.32. The Kier molecular flexibility index (Phi) is 4.67. The van der Waals surface area contributed by atoms with Gasteiger partial charge in [0.15, 0.2) is 5.96 Å². The van der Waals surface area contributed by atoms with E-state index in [1.807, 2.05) is 7.05 Å². The van der Waals surface area contributed by atoms with Crippen molar-refractivity contribution in [3.8, 4) is 0 Å². The van der Waals surface area contributed by atoms with Crippen LogP contribution < -0.4 is 10.6 Å². The van der Waals surface area contributed by atoms with Crippen LogP contribution in [0.5, 0.6) is 0 Å². The highest BCUT2D eigenvalue weighted by molar-refractivity contribution is 5.80. The summed E-state index contributed by atoms with van der Waals surface area (Å²) >= 11 is 0. The van der Waals surface area contributed by atoms with Crippen LogP contribution in [0, 0.1) is 5.41 Å². The maximum absolute atomic E-state index is 4.34. The molecule has 0 aliphatic heterocycles. The van der Waals surface area contributed by atoms with E-state index in [2.05, 4.69) is 34.7 Å². The number of aliphatic imine (C=N–C) groups is 1. The molecule has 1 saturated carbocycles. The van der Waals surface area contributed by atoms with Gasteiger partial charge in [-0.1, -0.05) is 31.9 Å². The summed E-state index contributed by atoms with van der Waals surface area (Å²) in [7, 11) is 1.87. The molecule has 1 fully saturated rings. The lowest BCUT2D eigenvalue weighted by Crippen LogP contribution is -2.46. The van der Waals surface area contributed by atoms with Crippen LogP contribution >= 0.6 is 0 Å². The largest absolute Gasteiger partial charge is 0.356 e. The second kappa shape index (κ2) is 6.26. The first-order valence-electron chi connectivity index (χ1n) is 7.40. The molecule has 18 heavy (non-hydrogen) atoms. The Morgan fingerprint density at radius 1 is 1.28 bits per heavy atom. The Balaban J connectivity index is 1.79. The van der Waals surface area contributed by atoms with Crippen molar-refractivity contribution in [3.63, 3.8) is 0 Å². The van der Waals surface area contributed by atoms with Crippen molar-refractivity contribution in [2.45, 2.75) is 57.9 Å². The van der Waals surface area contributed by atoms with Crippen molar-refractivity contribution in [2.24, 2.45) is 10.4 Å². The summed E-state index contributed by atoms with van der Waals surface area (Å²) in [5, 5.41) is 7.05. The zero-order valence-electron chi connectivity index (χ0n) is 11.8. The van der Waals surface area contributed by atoms with Crippen LogP contribution in [0.15, 0.2) is 17.1 Å². The quantitative estimate of drug-likeness (QED) is 0.456. The summed E-state index contributed by atoms with van der Waals surface area (Å²) in [5.74, 6) is 0.975. The fraction of sp³-hybridized carbons (Fsp3) is 0.800. The first-order valence-corrected chi connectivity index (χ1v) is 7.40. The number of rotatable bonds is 4. The van der Waals surface area contributed by atoms with Crippen molar-refractivity contribution in [2.75, 3.05) is 13.6 Å². The Bertz CT molecular complexity index is 306. The lowest BCUT2D eigenvalue weighted by molar-refractivity contribution is 0.283. The minimum Gasteiger partial charge on any atom is -0.356 e. The van der Waals surface area contributed by atoms with Gasteiger partial charge >= 0.3 is 0 Å². The molecule has 0 aromatic heterocycles. The normalized spacial score (nSPS) is 23.6. The van der Waals surface area contributed by atoms with E-state index in [1.54, 1.807) is 0 Å². The van der Waals surface area contributed by atoms with Crippen molar-refractivity contribution in [1.29, 1.82) is 0 Å². The molecule has 2 N–H and O–H groups in total. The molecule has 2 rings (SSSR count). The van der Waals surface area contributed by atoms with Crippen LogP contribution in [0.4, 0.5) is 0 Å². The zero-order valence-corrected chi connectivity index (χ0v) is 11.8. The van der Waals surface area contributed by atoms with Crippen LogP contribution in [0.3, 0.4) is 0 Å². The molecule has 0 aromatic rings. The standard InChI is InChI=1S/C15H27N3/c1-3-15(10-6-7-11-15)12-17-14(16-2)18-13-8-4-5-9-13/h4-5,13H,3,6-12H2,1-2H3,(H2,16,17,18). The van der Waals surface area contributed by atoms with Crippen LogP contribution in [0.2, 0.25) is 0 Å². The molecule has 0 atom stereocenters. The van der Waals surface area contributed by atoms with Crippen molar-refractivity contribution in [3.05, 3.63) is 12.2 Å². The number of nitrogens with one attached hydrogen (secondary N) is 2. The maximum atomic E-state index is 4.34. The maximum Gasteiger partial charge on any atom is 0.191 e. The molecule has 2 aliphatic rings. The molecule has 102 valence electrons. The molecular weight excluding hydrogens is 222 g/mol. The van der Waals surface area contributed by atoms with Crippen molar-refractivity contribution < 1.29 is 0 Å². The third kappa shape index (κ3) is 3.27. The molecular formula is C15H27N3.